The lowest BCUT2D eigenvalue weighted by atomic mass is 10.1. The summed E-state index contributed by atoms with van der Waals surface area (Å²) in [6.45, 7) is 1.36. The fraction of sp³-hybridized carbons (Fsp3) is 0.467. The molecule has 0 fully saturated rings. The molecular weight excluding hydrogens is 308 g/mol. The van der Waals surface area contributed by atoms with Crippen molar-refractivity contribution < 1.29 is 27.3 Å². The van der Waals surface area contributed by atoms with E-state index in [-0.39, 0.29) is 55.4 Å². The van der Waals surface area contributed by atoms with E-state index in [0.717, 1.165) is 5.56 Å². The summed E-state index contributed by atoms with van der Waals surface area (Å²) in [5, 5.41) is 8.57. The van der Waals surface area contributed by atoms with Crippen molar-refractivity contribution in [3.8, 4) is 0 Å². The third-order valence-electron chi connectivity index (χ3n) is 3.00. The molecule has 1 aromatic rings. The van der Waals surface area contributed by atoms with Gasteiger partial charge in [-0.05, 0) is 19.1 Å². The van der Waals surface area contributed by atoms with Crippen LogP contribution in [0, 0.1) is 6.92 Å². The van der Waals surface area contributed by atoms with Crippen molar-refractivity contribution in [1.82, 2.24) is 0 Å². The van der Waals surface area contributed by atoms with Crippen molar-refractivity contribution in [2.75, 3.05) is 13.2 Å². The lowest BCUT2D eigenvalue weighted by molar-refractivity contribution is -0.124. The van der Waals surface area contributed by atoms with Gasteiger partial charge in [0.05, 0.1) is 11.5 Å². The van der Waals surface area contributed by atoms with Gasteiger partial charge in [-0.1, -0.05) is 17.7 Å². The van der Waals surface area contributed by atoms with Crippen molar-refractivity contribution in [2.24, 2.45) is 0 Å². The van der Waals surface area contributed by atoms with Gasteiger partial charge >= 0.3 is 0 Å². The first-order valence-corrected chi connectivity index (χ1v) is 8.36. The maximum Gasteiger partial charge on any atom is 0.296 e. The molecule has 0 heterocycles. The maximum absolute atomic E-state index is 11.9. The predicted octanol–water partition coefficient (Wildman–Crippen LogP) is 1.39. The number of aliphatic hydroxyl groups excluding tert-OH is 1. The molecule has 0 aliphatic carbocycles. The molecule has 1 N–H and O–H groups in total. The lowest BCUT2D eigenvalue weighted by Gasteiger charge is -2.05. The number of Topliss-reactive ketones (excluding diaryl/α,β-unsaturated/α-hetero) is 2. The molecule has 0 unspecified atom stereocenters. The molecule has 22 heavy (non-hydrogen) atoms. The summed E-state index contributed by atoms with van der Waals surface area (Å²) in [5.41, 5.74) is 0.932. The summed E-state index contributed by atoms with van der Waals surface area (Å²) in [7, 11) is -3.86. The topological polar surface area (TPSA) is 97.7 Å². The van der Waals surface area contributed by atoms with E-state index in [0.29, 0.717) is 0 Å². The van der Waals surface area contributed by atoms with E-state index in [1.165, 1.54) is 12.1 Å². The number of benzene rings is 1. The van der Waals surface area contributed by atoms with E-state index in [2.05, 4.69) is 0 Å². The molecule has 6 nitrogen and oxygen atoms in total. The second kappa shape index (κ2) is 8.77. The highest BCUT2D eigenvalue weighted by Crippen LogP contribution is 2.13. The highest BCUT2D eigenvalue weighted by atomic mass is 32.2. The van der Waals surface area contributed by atoms with Gasteiger partial charge in [0.25, 0.3) is 10.1 Å². The number of hydrogen-bond acceptors (Lipinski definition) is 6. The Labute approximate surface area is 130 Å². The van der Waals surface area contributed by atoms with E-state index in [1.807, 2.05) is 6.92 Å². The Morgan fingerprint density at radius 1 is 1.00 bits per heavy atom. The average molecular weight is 328 g/mol. The Hall–Kier alpha value is -1.57. The van der Waals surface area contributed by atoms with Gasteiger partial charge in [0, 0.05) is 32.3 Å². The zero-order chi connectivity index (χ0) is 16.6. The van der Waals surface area contributed by atoms with E-state index in [1.54, 1.807) is 12.1 Å². The normalized spacial score (nSPS) is 11.4. The molecule has 122 valence electrons. The SMILES string of the molecule is Cc1ccc(S(=O)(=O)OCCC(=O)CCC(=O)CCO)cc1. The summed E-state index contributed by atoms with van der Waals surface area (Å²) in [6.07, 6.45) is 0.0555. The Balaban J connectivity index is 2.38. The van der Waals surface area contributed by atoms with Crippen LogP contribution in [-0.2, 0) is 23.9 Å². The number of aliphatic hydroxyl groups is 1. The van der Waals surface area contributed by atoms with Crippen LogP contribution in [0.1, 0.15) is 31.2 Å². The number of hydrogen-bond donors (Lipinski definition) is 1. The quantitative estimate of drug-likeness (QED) is 0.652. The maximum atomic E-state index is 11.9. The monoisotopic (exact) mass is 328 g/mol. The Bertz CT molecular complexity index is 603. The number of carbonyl (C=O) groups is 2. The Kier molecular flexibility index (Phi) is 7.37. The van der Waals surface area contributed by atoms with Gasteiger partial charge in [-0.15, -0.1) is 0 Å². The number of carbonyl (C=O) groups excluding carboxylic acids is 2. The highest BCUT2D eigenvalue weighted by Gasteiger charge is 2.15. The number of rotatable bonds is 10. The van der Waals surface area contributed by atoms with Gasteiger partial charge in [0.1, 0.15) is 11.6 Å². The van der Waals surface area contributed by atoms with Crippen LogP contribution in [0.3, 0.4) is 0 Å². The van der Waals surface area contributed by atoms with Crippen LogP contribution in [0.2, 0.25) is 0 Å². The molecule has 0 atom stereocenters. The van der Waals surface area contributed by atoms with Gasteiger partial charge in [-0.3, -0.25) is 13.8 Å². The van der Waals surface area contributed by atoms with Crippen LogP contribution in [-0.4, -0.2) is 38.3 Å². The van der Waals surface area contributed by atoms with Gasteiger partial charge in [-0.2, -0.15) is 8.42 Å². The van der Waals surface area contributed by atoms with Crippen LogP contribution in [0.15, 0.2) is 29.2 Å². The van der Waals surface area contributed by atoms with E-state index < -0.39 is 10.1 Å². The van der Waals surface area contributed by atoms with E-state index in [9.17, 15) is 18.0 Å². The van der Waals surface area contributed by atoms with Gasteiger partial charge in [0.2, 0.25) is 0 Å². The molecule has 0 aromatic heterocycles. The molecule has 0 saturated heterocycles. The summed E-state index contributed by atoms with van der Waals surface area (Å²) >= 11 is 0. The minimum absolute atomic E-state index is 0.0333. The highest BCUT2D eigenvalue weighted by molar-refractivity contribution is 7.86. The molecule has 0 saturated carbocycles. The average Bonchev–Trinajstić information content (AvgIpc) is 2.46. The Morgan fingerprint density at radius 2 is 1.55 bits per heavy atom. The second-order valence-corrected chi connectivity index (χ2v) is 6.51. The molecule has 7 heteroatoms. The minimum Gasteiger partial charge on any atom is -0.396 e. The van der Waals surface area contributed by atoms with Crippen molar-refractivity contribution in [2.45, 2.75) is 37.5 Å². The largest absolute Gasteiger partial charge is 0.396 e. The van der Waals surface area contributed by atoms with Crippen molar-refractivity contribution in [3.63, 3.8) is 0 Å². The summed E-state index contributed by atoms with van der Waals surface area (Å²) in [6, 6.07) is 6.21. The molecule has 1 aromatic carbocycles. The van der Waals surface area contributed by atoms with Crippen molar-refractivity contribution in [3.05, 3.63) is 29.8 Å². The second-order valence-electron chi connectivity index (χ2n) is 4.89. The summed E-state index contributed by atoms with van der Waals surface area (Å²) in [4.78, 5) is 22.7. The first kappa shape index (κ1) is 18.5. The van der Waals surface area contributed by atoms with Crippen LogP contribution in [0.25, 0.3) is 0 Å². The molecular formula is C15H20O6S. The fourth-order valence-electron chi connectivity index (χ4n) is 1.69. The first-order chi connectivity index (χ1) is 10.3. The molecule has 0 spiro atoms. The van der Waals surface area contributed by atoms with Crippen LogP contribution in [0.5, 0.6) is 0 Å². The lowest BCUT2D eigenvalue weighted by Crippen LogP contribution is -2.12. The molecule has 0 aliphatic rings. The molecule has 0 aliphatic heterocycles. The molecule has 0 bridgehead atoms. The standard InChI is InChI=1S/C15H20O6S/c1-12-2-6-15(7-3-12)22(19,20)21-11-9-14(18)5-4-13(17)8-10-16/h2-3,6-7,16H,4-5,8-11H2,1H3. The number of aryl methyl sites for hydroxylation is 1. The van der Waals surface area contributed by atoms with E-state index in [4.69, 9.17) is 9.29 Å². The first-order valence-electron chi connectivity index (χ1n) is 6.95. The van der Waals surface area contributed by atoms with Gasteiger partial charge in [0.15, 0.2) is 0 Å². The third-order valence-corrected chi connectivity index (χ3v) is 4.33. The van der Waals surface area contributed by atoms with Crippen LogP contribution >= 0.6 is 0 Å². The van der Waals surface area contributed by atoms with Crippen molar-refractivity contribution >= 4 is 21.7 Å². The smallest absolute Gasteiger partial charge is 0.296 e. The molecule has 1 rings (SSSR count). The minimum atomic E-state index is -3.86. The van der Waals surface area contributed by atoms with E-state index >= 15 is 0 Å². The zero-order valence-corrected chi connectivity index (χ0v) is 13.3. The fourth-order valence-corrected chi connectivity index (χ4v) is 2.60. The Morgan fingerprint density at radius 3 is 2.09 bits per heavy atom. The zero-order valence-electron chi connectivity index (χ0n) is 12.4. The third kappa shape index (κ3) is 6.46. The van der Waals surface area contributed by atoms with Crippen molar-refractivity contribution in [1.29, 1.82) is 0 Å². The van der Waals surface area contributed by atoms with Gasteiger partial charge in [-0.25, -0.2) is 0 Å². The van der Waals surface area contributed by atoms with Crippen LogP contribution in [0.4, 0.5) is 0 Å². The molecule has 0 radical (unpaired) electrons. The number of ketones is 2. The molecule has 0 amide bonds. The predicted molar refractivity (Wildman–Crippen MR) is 79.9 cm³/mol. The van der Waals surface area contributed by atoms with Gasteiger partial charge < -0.3 is 5.11 Å². The summed E-state index contributed by atoms with van der Waals surface area (Å²) in [5.74, 6) is -0.436. The summed E-state index contributed by atoms with van der Waals surface area (Å²) < 4.78 is 28.5. The van der Waals surface area contributed by atoms with Crippen LogP contribution < -0.4 is 0 Å².